The van der Waals surface area contributed by atoms with Crippen molar-refractivity contribution in [1.29, 1.82) is 0 Å². The number of fused-ring (bicyclic) bond motifs is 1. The van der Waals surface area contributed by atoms with Gasteiger partial charge >= 0.3 is 0 Å². The molecule has 0 unspecified atom stereocenters. The maximum Gasteiger partial charge on any atom is 0.270 e. The summed E-state index contributed by atoms with van der Waals surface area (Å²) >= 11 is 0. The number of benzene rings is 2. The number of anilines is 1. The lowest BCUT2D eigenvalue weighted by Crippen LogP contribution is -2.49. The van der Waals surface area contributed by atoms with Crippen LogP contribution in [-0.2, 0) is 13.2 Å². The molecule has 2 aromatic heterocycles. The van der Waals surface area contributed by atoms with Crippen LogP contribution in [0.15, 0.2) is 72.9 Å². The molecule has 7 nitrogen and oxygen atoms in total. The molecule has 0 bridgehead atoms. The molecule has 3 heterocycles. The van der Waals surface area contributed by atoms with Crippen molar-refractivity contribution in [3.8, 4) is 5.75 Å². The van der Waals surface area contributed by atoms with Gasteiger partial charge in [0.05, 0.1) is 0 Å². The van der Waals surface area contributed by atoms with Crippen LogP contribution in [-0.4, -0.2) is 65.9 Å². The summed E-state index contributed by atoms with van der Waals surface area (Å²) in [5.74, 6) is 1.75. The molecule has 0 saturated carbocycles. The van der Waals surface area contributed by atoms with Gasteiger partial charge in [0.15, 0.2) is 0 Å². The van der Waals surface area contributed by atoms with E-state index in [-0.39, 0.29) is 5.91 Å². The Balaban J connectivity index is 1.23. The standard InChI is InChI=1S/C28H31N5O2/c1-31(2)19-22-11-12-27(29-18-22)32-13-15-33(16-14-32)28(34)25-17-23-24(30-25)9-6-10-26(23)35-20-21-7-4-3-5-8-21/h3-12,17-18,30H,13-16,19-20H2,1-2H3. The van der Waals surface area contributed by atoms with Gasteiger partial charge in [-0.2, -0.15) is 0 Å². The Morgan fingerprint density at radius 2 is 1.77 bits per heavy atom. The molecule has 180 valence electrons. The number of carbonyl (C=O) groups excluding carboxylic acids is 1. The molecule has 2 aromatic carbocycles. The molecule has 1 N–H and O–H groups in total. The van der Waals surface area contributed by atoms with Crippen molar-refractivity contribution in [3.63, 3.8) is 0 Å². The third-order valence-electron chi connectivity index (χ3n) is 6.29. The Bertz CT molecular complexity index is 1280. The number of hydrogen-bond donors (Lipinski definition) is 1. The summed E-state index contributed by atoms with van der Waals surface area (Å²) in [5, 5.41) is 0.924. The Labute approximate surface area is 205 Å². The average molecular weight is 470 g/mol. The number of aromatic amines is 1. The van der Waals surface area contributed by atoms with Crippen LogP contribution in [0.2, 0.25) is 0 Å². The number of nitrogens with one attached hydrogen (secondary N) is 1. The van der Waals surface area contributed by atoms with Crippen molar-refractivity contribution in [2.24, 2.45) is 0 Å². The zero-order valence-corrected chi connectivity index (χ0v) is 20.3. The first kappa shape index (κ1) is 22.9. The molecular formula is C28H31N5O2. The van der Waals surface area contributed by atoms with E-state index in [0.717, 1.165) is 47.7 Å². The fourth-order valence-corrected chi connectivity index (χ4v) is 4.48. The van der Waals surface area contributed by atoms with E-state index in [1.807, 2.05) is 65.7 Å². The molecule has 35 heavy (non-hydrogen) atoms. The van der Waals surface area contributed by atoms with Crippen LogP contribution in [0.3, 0.4) is 0 Å². The first-order chi connectivity index (χ1) is 17.1. The average Bonchev–Trinajstić information content (AvgIpc) is 3.33. The monoisotopic (exact) mass is 469 g/mol. The lowest BCUT2D eigenvalue weighted by molar-refractivity contribution is 0.0741. The lowest BCUT2D eigenvalue weighted by Gasteiger charge is -2.35. The van der Waals surface area contributed by atoms with Gasteiger partial charge in [-0.3, -0.25) is 4.79 Å². The predicted octanol–water partition coefficient (Wildman–Crippen LogP) is 4.17. The predicted molar refractivity (Wildman–Crippen MR) is 139 cm³/mol. The molecule has 1 aliphatic rings. The highest BCUT2D eigenvalue weighted by atomic mass is 16.5. The second kappa shape index (κ2) is 10.2. The van der Waals surface area contributed by atoms with Crippen LogP contribution in [0.25, 0.3) is 10.9 Å². The van der Waals surface area contributed by atoms with E-state index in [9.17, 15) is 4.79 Å². The molecule has 1 saturated heterocycles. The Morgan fingerprint density at radius 1 is 0.971 bits per heavy atom. The number of ether oxygens (including phenoxy) is 1. The van der Waals surface area contributed by atoms with Gasteiger partial charge in [0.2, 0.25) is 0 Å². The fourth-order valence-electron chi connectivity index (χ4n) is 4.48. The highest BCUT2D eigenvalue weighted by Gasteiger charge is 2.24. The summed E-state index contributed by atoms with van der Waals surface area (Å²) in [6.07, 6.45) is 1.94. The number of rotatable bonds is 7. The van der Waals surface area contributed by atoms with E-state index in [1.165, 1.54) is 5.56 Å². The van der Waals surface area contributed by atoms with Crippen LogP contribution in [0.5, 0.6) is 5.75 Å². The summed E-state index contributed by atoms with van der Waals surface area (Å²) < 4.78 is 6.08. The smallest absolute Gasteiger partial charge is 0.270 e. The largest absolute Gasteiger partial charge is 0.488 e. The Hall–Kier alpha value is -3.84. The van der Waals surface area contributed by atoms with Crippen molar-refractivity contribution in [2.75, 3.05) is 45.2 Å². The number of amides is 1. The van der Waals surface area contributed by atoms with Gasteiger partial charge in [0.25, 0.3) is 5.91 Å². The van der Waals surface area contributed by atoms with E-state index >= 15 is 0 Å². The number of nitrogens with zero attached hydrogens (tertiary/aromatic N) is 4. The number of H-pyrrole nitrogens is 1. The zero-order chi connectivity index (χ0) is 24.2. The van der Waals surface area contributed by atoms with Crippen LogP contribution in [0.1, 0.15) is 21.6 Å². The molecule has 4 aromatic rings. The quantitative estimate of drug-likeness (QED) is 0.440. The number of carbonyl (C=O) groups is 1. The lowest BCUT2D eigenvalue weighted by atomic mass is 10.2. The SMILES string of the molecule is CN(C)Cc1ccc(N2CCN(C(=O)c3cc4c(OCc5ccccc5)cccc4[nH]3)CC2)nc1. The minimum Gasteiger partial charge on any atom is -0.488 e. The van der Waals surface area contributed by atoms with E-state index in [0.29, 0.717) is 25.4 Å². The van der Waals surface area contributed by atoms with E-state index in [1.54, 1.807) is 0 Å². The molecule has 1 aliphatic heterocycles. The molecule has 5 rings (SSSR count). The Morgan fingerprint density at radius 3 is 2.49 bits per heavy atom. The number of piperazine rings is 1. The zero-order valence-electron chi connectivity index (χ0n) is 20.3. The van der Waals surface area contributed by atoms with Crippen LogP contribution in [0, 0.1) is 0 Å². The third kappa shape index (κ3) is 5.30. The normalized spacial score (nSPS) is 14.0. The van der Waals surface area contributed by atoms with E-state index < -0.39 is 0 Å². The summed E-state index contributed by atoms with van der Waals surface area (Å²) in [6, 6.07) is 22.1. The van der Waals surface area contributed by atoms with Gasteiger partial charge in [0.1, 0.15) is 23.9 Å². The molecule has 7 heteroatoms. The van der Waals surface area contributed by atoms with Crippen LogP contribution in [0.4, 0.5) is 5.82 Å². The minimum atomic E-state index is 0.0177. The Kier molecular flexibility index (Phi) is 6.68. The highest BCUT2D eigenvalue weighted by Crippen LogP contribution is 2.28. The maximum absolute atomic E-state index is 13.3. The summed E-state index contributed by atoms with van der Waals surface area (Å²) in [7, 11) is 4.10. The number of aromatic nitrogens is 2. The second-order valence-corrected chi connectivity index (χ2v) is 9.22. The van der Waals surface area contributed by atoms with Gasteiger partial charge in [-0.05, 0) is 49.5 Å². The minimum absolute atomic E-state index is 0.0177. The van der Waals surface area contributed by atoms with Gasteiger partial charge in [-0.25, -0.2) is 4.98 Å². The maximum atomic E-state index is 13.3. The van der Waals surface area contributed by atoms with Crippen molar-refractivity contribution >= 4 is 22.6 Å². The van der Waals surface area contributed by atoms with Crippen LogP contribution >= 0.6 is 0 Å². The summed E-state index contributed by atoms with van der Waals surface area (Å²) in [4.78, 5) is 27.5. The van der Waals surface area contributed by atoms with Gasteiger partial charge in [0, 0.05) is 49.8 Å². The van der Waals surface area contributed by atoms with Gasteiger partial charge in [-0.1, -0.05) is 42.5 Å². The van der Waals surface area contributed by atoms with Gasteiger partial charge in [-0.15, -0.1) is 0 Å². The van der Waals surface area contributed by atoms with E-state index in [2.05, 4.69) is 46.0 Å². The molecule has 1 fully saturated rings. The molecule has 0 spiro atoms. The summed E-state index contributed by atoms with van der Waals surface area (Å²) in [6.45, 7) is 4.20. The highest BCUT2D eigenvalue weighted by molar-refractivity contribution is 5.99. The number of hydrogen-bond acceptors (Lipinski definition) is 5. The molecule has 0 aliphatic carbocycles. The molecular weight excluding hydrogens is 438 g/mol. The first-order valence-corrected chi connectivity index (χ1v) is 12.0. The molecule has 0 atom stereocenters. The van der Waals surface area contributed by atoms with Crippen molar-refractivity contribution in [1.82, 2.24) is 19.8 Å². The topological polar surface area (TPSA) is 64.7 Å². The molecule has 0 radical (unpaired) electrons. The molecule has 1 amide bonds. The third-order valence-corrected chi connectivity index (χ3v) is 6.29. The summed E-state index contributed by atoms with van der Waals surface area (Å²) in [5.41, 5.74) is 3.80. The van der Waals surface area contributed by atoms with Crippen molar-refractivity contribution in [2.45, 2.75) is 13.2 Å². The van der Waals surface area contributed by atoms with E-state index in [4.69, 9.17) is 4.74 Å². The first-order valence-electron chi connectivity index (χ1n) is 12.0. The fraction of sp³-hybridized carbons (Fsp3) is 0.286. The van der Waals surface area contributed by atoms with Crippen molar-refractivity contribution < 1.29 is 9.53 Å². The second-order valence-electron chi connectivity index (χ2n) is 9.22. The number of pyridine rings is 1. The van der Waals surface area contributed by atoms with Gasteiger partial charge < -0.3 is 24.4 Å². The van der Waals surface area contributed by atoms with Crippen LogP contribution < -0.4 is 9.64 Å². The van der Waals surface area contributed by atoms with Crippen molar-refractivity contribution in [3.05, 3.63) is 89.7 Å².